The van der Waals surface area contributed by atoms with Gasteiger partial charge in [-0.1, -0.05) is 6.07 Å². The number of nitrogens with zero attached hydrogens (tertiary/aromatic N) is 1. The van der Waals surface area contributed by atoms with Crippen molar-refractivity contribution in [1.29, 1.82) is 5.26 Å². The summed E-state index contributed by atoms with van der Waals surface area (Å²) in [6.45, 7) is 0.673. The highest BCUT2D eigenvalue weighted by Crippen LogP contribution is 2.13. The minimum atomic E-state index is 0.658. The Bertz CT molecular complexity index is 468. The van der Waals surface area contributed by atoms with Gasteiger partial charge < -0.3 is 4.74 Å². The van der Waals surface area contributed by atoms with E-state index in [9.17, 15) is 0 Å². The van der Waals surface area contributed by atoms with Gasteiger partial charge in [-0.25, -0.2) is 0 Å². The molecule has 2 nitrogen and oxygen atoms in total. The first-order chi connectivity index (χ1) is 7.88. The van der Waals surface area contributed by atoms with Gasteiger partial charge >= 0.3 is 0 Å². The van der Waals surface area contributed by atoms with Crippen LogP contribution in [0.15, 0.2) is 41.8 Å². The Morgan fingerprint density at radius 3 is 2.62 bits per heavy atom. The molecule has 1 aromatic heterocycles. The number of ether oxygens (including phenoxy) is 1. The smallest absolute Gasteiger partial charge is 0.119 e. The molecule has 0 aliphatic heterocycles. The molecule has 16 heavy (non-hydrogen) atoms. The van der Waals surface area contributed by atoms with Gasteiger partial charge in [0.05, 0.1) is 18.2 Å². The van der Waals surface area contributed by atoms with E-state index in [1.165, 1.54) is 4.88 Å². The van der Waals surface area contributed by atoms with Crippen LogP contribution in [-0.4, -0.2) is 6.61 Å². The molecule has 0 amide bonds. The van der Waals surface area contributed by atoms with Gasteiger partial charge in [0, 0.05) is 11.3 Å². The largest absolute Gasteiger partial charge is 0.493 e. The molecular weight excluding hydrogens is 218 g/mol. The van der Waals surface area contributed by atoms with Crippen LogP contribution in [0.3, 0.4) is 0 Å². The predicted molar refractivity (Wildman–Crippen MR) is 64.7 cm³/mol. The second-order valence-corrected chi connectivity index (χ2v) is 4.35. The summed E-state index contributed by atoms with van der Waals surface area (Å²) < 4.78 is 5.58. The molecule has 0 aliphatic rings. The van der Waals surface area contributed by atoms with Gasteiger partial charge in [-0.2, -0.15) is 5.26 Å². The standard InChI is InChI=1S/C13H11NOS/c14-10-11-3-5-12(6-4-11)15-8-7-13-2-1-9-16-13/h1-6,9H,7-8H2. The topological polar surface area (TPSA) is 33.0 Å². The average Bonchev–Trinajstić information content (AvgIpc) is 2.83. The quantitative estimate of drug-likeness (QED) is 0.806. The minimum absolute atomic E-state index is 0.658. The Hall–Kier alpha value is -1.79. The van der Waals surface area contributed by atoms with E-state index in [1.807, 2.05) is 18.2 Å². The number of hydrogen-bond donors (Lipinski definition) is 0. The zero-order valence-corrected chi connectivity index (χ0v) is 9.54. The lowest BCUT2D eigenvalue weighted by Gasteiger charge is -2.04. The molecule has 0 N–H and O–H groups in total. The van der Waals surface area contributed by atoms with Crippen LogP contribution in [-0.2, 0) is 6.42 Å². The molecule has 0 unspecified atom stereocenters. The van der Waals surface area contributed by atoms with Crippen LogP contribution < -0.4 is 4.74 Å². The fraction of sp³-hybridized carbons (Fsp3) is 0.154. The van der Waals surface area contributed by atoms with Crippen molar-refractivity contribution >= 4 is 11.3 Å². The Balaban J connectivity index is 1.83. The first kappa shape index (κ1) is 10.7. The molecule has 0 bridgehead atoms. The van der Waals surface area contributed by atoms with E-state index in [-0.39, 0.29) is 0 Å². The molecule has 80 valence electrons. The molecule has 0 spiro atoms. The van der Waals surface area contributed by atoms with Crippen LogP contribution in [0.1, 0.15) is 10.4 Å². The average molecular weight is 229 g/mol. The van der Waals surface area contributed by atoms with Gasteiger partial charge in [0.2, 0.25) is 0 Å². The van der Waals surface area contributed by atoms with Gasteiger partial charge in [-0.15, -0.1) is 11.3 Å². The molecule has 0 aliphatic carbocycles. The summed E-state index contributed by atoms with van der Waals surface area (Å²) in [4.78, 5) is 1.33. The molecule has 0 fully saturated rings. The molecule has 3 heteroatoms. The lowest BCUT2D eigenvalue weighted by atomic mass is 10.2. The van der Waals surface area contributed by atoms with Crippen molar-refractivity contribution < 1.29 is 4.74 Å². The number of nitriles is 1. The summed E-state index contributed by atoms with van der Waals surface area (Å²) in [6.07, 6.45) is 0.928. The van der Waals surface area contributed by atoms with Crippen molar-refractivity contribution in [3.8, 4) is 11.8 Å². The number of thiophene rings is 1. The van der Waals surface area contributed by atoms with E-state index < -0.39 is 0 Å². The lowest BCUT2D eigenvalue weighted by Crippen LogP contribution is -1.99. The maximum Gasteiger partial charge on any atom is 0.119 e. The summed E-state index contributed by atoms with van der Waals surface area (Å²) in [5, 5.41) is 10.7. The van der Waals surface area contributed by atoms with Crippen LogP contribution in [0.2, 0.25) is 0 Å². The predicted octanol–water partition coefficient (Wildman–Crippen LogP) is 3.24. The number of rotatable bonds is 4. The summed E-state index contributed by atoms with van der Waals surface area (Å²) in [7, 11) is 0. The van der Waals surface area contributed by atoms with Crippen LogP contribution in [0.4, 0.5) is 0 Å². The molecule has 0 saturated carbocycles. The van der Waals surface area contributed by atoms with Crippen LogP contribution >= 0.6 is 11.3 Å². The van der Waals surface area contributed by atoms with Crippen LogP contribution in [0, 0.1) is 11.3 Å². The second-order valence-electron chi connectivity index (χ2n) is 3.31. The summed E-state index contributed by atoms with van der Waals surface area (Å²) in [5.74, 6) is 0.815. The minimum Gasteiger partial charge on any atom is -0.493 e. The Kier molecular flexibility index (Phi) is 3.58. The van der Waals surface area contributed by atoms with E-state index in [0.29, 0.717) is 12.2 Å². The fourth-order valence-electron chi connectivity index (χ4n) is 1.35. The van der Waals surface area contributed by atoms with Crippen molar-refractivity contribution in [3.63, 3.8) is 0 Å². The number of benzene rings is 1. The molecule has 1 heterocycles. The van der Waals surface area contributed by atoms with Crippen LogP contribution in [0.25, 0.3) is 0 Å². The van der Waals surface area contributed by atoms with Crippen LogP contribution in [0.5, 0.6) is 5.75 Å². The summed E-state index contributed by atoms with van der Waals surface area (Å²) >= 11 is 1.74. The molecule has 2 aromatic rings. The zero-order valence-electron chi connectivity index (χ0n) is 8.72. The molecule has 0 atom stereocenters. The van der Waals surface area contributed by atoms with E-state index in [2.05, 4.69) is 17.5 Å². The third kappa shape index (κ3) is 2.85. The molecule has 2 rings (SSSR count). The van der Waals surface area contributed by atoms with Gasteiger partial charge in [-0.05, 0) is 35.7 Å². The Labute approximate surface area is 98.7 Å². The molecule has 0 saturated heterocycles. The van der Waals surface area contributed by atoms with Gasteiger partial charge in [-0.3, -0.25) is 0 Å². The monoisotopic (exact) mass is 229 g/mol. The Morgan fingerprint density at radius 1 is 1.19 bits per heavy atom. The van der Waals surface area contributed by atoms with E-state index in [4.69, 9.17) is 10.00 Å². The first-order valence-corrected chi connectivity index (χ1v) is 5.92. The molecule has 1 aromatic carbocycles. The summed E-state index contributed by atoms with van der Waals surface area (Å²) in [6, 6.07) is 13.4. The lowest BCUT2D eigenvalue weighted by molar-refractivity contribution is 0.323. The second kappa shape index (κ2) is 5.34. The Morgan fingerprint density at radius 2 is 2.00 bits per heavy atom. The fourth-order valence-corrected chi connectivity index (χ4v) is 2.04. The maximum absolute atomic E-state index is 8.64. The highest BCUT2D eigenvalue weighted by atomic mass is 32.1. The van der Waals surface area contributed by atoms with E-state index >= 15 is 0 Å². The highest BCUT2D eigenvalue weighted by Gasteiger charge is 1.96. The summed E-state index contributed by atoms with van der Waals surface area (Å²) in [5.41, 5.74) is 0.658. The SMILES string of the molecule is N#Cc1ccc(OCCc2cccs2)cc1. The van der Waals surface area contributed by atoms with Crippen molar-refractivity contribution in [2.75, 3.05) is 6.61 Å². The van der Waals surface area contributed by atoms with Crippen molar-refractivity contribution in [2.24, 2.45) is 0 Å². The van der Waals surface area contributed by atoms with Crippen molar-refractivity contribution in [2.45, 2.75) is 6.42 Å². The van der Waals surface area contributed by atoms with E-state index in [1.54, 1.807) is 23.5 Å². The third-order valence-corrected chi connectivity index (χ3v) is 3.12. The molecular formula is C13H11NOS. The third-order valence-electron chi connectivity index (χ3n) is 2.18. The van der Waals surface area contributed by atoms with E-state index in [0.717, 1.165) is 12.2 Å². The molecule has 0 radical (unpaired) electrons. The van der Waals surface area contributed by atoms with Gasteiger partial charge in [0.25, 0.3) is 0 Å². The maximum atomic E-state index is 8.64. The normalized spacial score (nSPS) is 9.69. The van der Waals surface area contributed by atoms with Gasteiger partial charge in [0.15, 0.2) is 0 Å². The van der Waals surface area contributed by atoms with Crippen molar-refractivity contribution in [1.82, 2.24) is 0 Å². The highest BCUT2D eigenvalue weighted by molar-refractivity contribution is 7.09. The van der Waals surface area contributed by atoms with Gasteiger partial charge in [0.1, 0.15) is 5.75 Å². The van der Waals surface area contributed by atoms with Crippen molar-refractivity contribution in [3.05, 3.63) is 52.2 Å². The number of hydrogen-bond acceptors (Lipinski definition) is 3. The first-order valence-electron chi connectivity index (χ1n) is 5.04. The zero-order chi connectivity index (χ0) is 11.2.